The van der Waals surface area contributed by atoms with Crippen molar-refractivity contribution in [1.82, 2.24) is 29.1 Å². The number of amides is 2. The standard InChI is InChI=1S/C40H36N10O2.2BrH/c41-39-47(25-31-11-3-1-4-12-31)33-15-7-9-17-35(33)49(39)27-37(51)45-43-23-29-19-21-30(22-20-29)24-44-46-38(52)28-50-36-18-10-8-16-34(36)48(40(50)42)26-32-13-5-2-6-14-32;;/h1-24,41-42H,25-28H2,(H,45,51)(H,46,52);2*1H/b41-39?,42-40?,43-23+,44-24+;;. The fourth-order valence-corrected chi connectivity index (χ4v) is 6.14. The van der Waals surface area contributed by atoms with E-state index in [9.17, 15) is 9.59 Å². The lowest BCUT2D eigenvalue weighted by atomic mass is 10.2. The molecule has 5 aromatic carbocycles. The maximum Gasteiger partial charge on any atom is 0.260 e. The zero-order chi connectivity index (χ0) is 35.9. The second-order valence-electron chi connectivity index (χ2n) is 12.2. The number of carbonyl (C=O) groups excluding carboxylic acids is 2. The number of benzene rings is 5. The number of carbonyl (C=O) groups is 2. The summed E-state index contributed by atoms with van der Waals surface area (Å²) >= 11 is 0. The SMILES string of the molecule is Br.Br.N=c1n(CC(=O)N/N=C/c2ccc(/C=N/NC(=O)Cn3c(=N)n(Cc4ccccc4)c4ccccc43)cc2)c2ccccc2n1Cc1ccccc1. The Hall–Kier alpha value is -6.12. The third-order valence-corrected chi connectivity index (χ3v) is 8.66. The van der Waals surface area contributed by atoms with Gasteiger partial charge in [-0.15, -0.1) is 34.0 Å². The van der Waals surface area contributed by atoms with Crippen molar-refractivity contribution in [2.75, 3.05) is 0 Å². The fraction of sp³-hybridized carbons (Fsp3) is 0.100. The van der Waals surface area contributed by atoms with Crippen molar-refractivity contribution in [3.63, 3.8) is 0 Å². The molecular weight excluding hydrogens is 812 g/mol. The number of halogens is 2. The lowest BCUT2D eigenvalue weighted by Crippen LogP contribution is -2.31. The molecule has 0 aliphatic rings. The molecule has 2 heterocycles. The van der Waals surface area contributed by atoms with Crippen LogP contribution in [0.1, 0.15) is 22.3 Å². The number of aromatic nitrogens is 4. The molecule has 0 saturated carbocycles. The maximum atomic E-state index is 12.9. The molecule has 0 radical (unpaired) electrons. The maximum absolute atomic E-state index is 12.9. The number of hydrazone groups is 2. The Kier molecular flexibility index (Phi) is 13.1. The first-order valence-corrected chi connectivity index (χ1v) is 16.7. The lowest BCUT2D eigenvalue weighted by molar-refractivity contribution is -0.122. The molecule has 54 heavy (non-hydrogen) atoms. The molecule has 2 amide bonds. The van der Waals surface area contributed by atoms with Gasteiger partial charge in [0.05, 0.1) is 47.6 Å². The van der Waals surface area contributed by atoms with E-state index in [0.717, 1.165) is 44.3 Å². The molecular formula is C40H38Br2N10O2. The summed E-state index contributed by atoms with van der Waals surface area (Å²) in [7, 11) is 0. The third-order valence-electron chi connectivity index (χ3n) is 8.66. The average Bonchev–Trinajstić information content (AvgIpc) is 3.58. The van der Waals surface area contributed by atoms with Gasteiger partial charge in [0.2, 0.25) is 11.2 Å². The molecule has 0 aliphatic carbocycles. The molecule has 14 heteroatoms. The number of rotatable bonds is 12. The number of fused-ring (bicyclic) bond motifs is 2. The van der Waals surface area contributed by atoms with Gasteiger partial charge in [-0.3, -0.25) is 20.4 Å². The molecule has 0 fully saturated rings. The van der Waals surface area contributed by atoms with Crippen molar-refractivity contribution in [3.8, 4) is 0 Å². The summed E-state index contributed by atoms with van der Waals surface area (Å²) in [4.78, 5) is 25.7. The number of para-hydroxylation sites is 4. The molecule has 7 aromatic rings. The first kappa shape index (κ1) is 39.1. The van der Waals surface area contributed by atoms with E-state index in [-0.39, 0.29) is 70.1 Å². The van der Waals surface area contributed by atoms with Gasteiger partial charge in [-0.05, 0) is 46.5 Å². The Labute approximate surface area is 331 Å². The second-order valence-corrected chi connectivity index (χ2v) is 12.2. The highest BCUT2D eigenvalue weighted by Crippen LogP contribution is 2.16. The van der Waals surface area contributed by atoms with E-state index < -0.39 is 0 Å². The van der Waals surface area contributed by atoms with Crippen LogP contribution in [-0.4, -0.2) is 42.5 Å². The summed E-state index contributed by atoms with van der Waals surface area (Å²) in [6, 6.07) is 42.5. The summed E-state index contributed by atoms with van der Waals surface area (Å²) in [5, 5.41) is 25.8. The molecule has 0 aliphatic heterocycles. The largest absolute Gasteiger partial charge is 0.306 e. The first-order valence-electron chi connectivity index (χ1n) is 16.7. The minimum atomic E-state index is -0.353. The number of hydrogen-bond acceptors (Lipinski definition) is 6. The highest BCUT2D eigenvalue weighted by atomic mass is 79.9. The zero-order valence-electron chi connectivity index (χ0n) is 29.0. The fourth-order valence-electron chi connectivity index (χ4n) is 6.14. The van der Waals surface area contributed by atoms with Crippen LogP contribution in [0.5, 0.6) is 0 Å². The van der Waals surface area contributed by atoms with Crippen LogP contribution in [-0.2, 0) is 35.8 Å². The smallest absolute Gasteiger partial charge is 0.260 e. The van der Waals surface area contributed by atoms with Crippen LogP contribution in [0.2, 0.25) is 0 Å². The van der Waals surface area contributed by atoms with Crippen LogP contribution in [0.15, 0.2) is 144 Å². The molecule has 0 spiro atoms. The van der Waals surface area contributed by atoms with Gasteiger partial charge in [-0.1, -0.05) is 109 Å². The number of imidazole rings is 2. The minimum absolute atomic E-state index is 0. The molecule has 0 atom stereocenters. The topological polar surface area (TPSA) is 150 Å². The number of hydrogen-bond donors (Lipinski definition) is 4. The van der Waals surface area contributed by atoms with Crippen LogP contribution < -0.4 is 22.1 Å². The van der Waals surface area contributed by atoms with Crippen molar-refractivity contribution in [2.45, 2.75) is 26.2 Å². The highest BCUT2D eigenvalue weighted by Gasteiger charge is 2.15. The summed E-state index contributed by atoms with van der Waals surface area (Å²) in [5.41, 5.74) is 12.6. The molecule has 0 saturated heterocycles. The van der Waals surface area contributed by atoms with E-state index in [1.54, 1.807) is 9.13 Å². The van der Waals surface area contributed by atoms with Crippen LogP contribution in [0.4, 0.5) is 0 Å². The van der Waals surface area contributed by atoms with Gasteiger partial charge in [0.25, 0.3) is 11.8 Å². The Balaban J connectivity index is 0.00000280. The van der Waals surface area contributed by atoms with Crippen molar-refractivity contribution in [2.24, 2.45) is 10.2 Å². The van der Waals surface area contributed by atoms with Gasteiger partial charge in [-0.25, -0.2) is 10.9 Å². The normalized spacial score (nSPS) is 11.1. The van der Waals surface area contributed by atoms with Crippen molar-refractivity contribution in [1.29, 1.82) is 10.8 Å². The molecule has 0 unspecified atom stereocenters. The van der Waals surface area contributed by atoms with E-state index in [1.807, 2.05) is 143 Å². The Morgan fingerprint density at radius 3 is 1.15 bits per heavy atom. The first-order chi connectivity index (χ1) is 25.4. The molecule has 2 aromatic heterocycles. The average molecular weight is 851 g/mol. The monoisotopic (exact) mass is 848 g/mol. The van der Waals surface area contributed by atoms with Crippen LogP contribution in [0.25, 0.3) is 22.1 Å². The van der Waals surface area contributed by atoms with Gasteiger partial charge < -0.3 is 18.3 Å². The second kappa shape index (κ2) is 18.1. The van der Waals surface area contributed by atoms with Gasteiger partial charge in [0, 0.05) is 0 Å². The molecule has 4 N–H and O–H groups in total. The van der Waals surface area contributed by atoms with Crippen LogP contribution in [0.3, 0.4) is 0 Å². The van der Waals surface area contributed by atoms with Gasteiger partial charge >= 0.3 is 0 Å². The summed E-state index contributed by atoms with van der Waals surface area (Å²) in [6.07, 6.45) is 3.07. The van der Waals surface area contributed by atoms with E-state index in [2.05, 4.69) is 21.1 Å². The van der Waals surface area contributed by atoms with Gasteiger partial charge in [-0.2, -0.15) is 10.2 Å². The lowest BCUT2D eigenvalue weighted by Gasteiger charge is -2.05. The minimum Gasteiger partial charge on any atom is -0.306 e. The Morgan fingerprint density at radius 1 is 0.481 bits per heavy atom. The summed E-state index contributed by atoms with van der Waals surface area (Å²) in [5.74, 6) is -0.707. The quantitative estimate of drug-likeness (QED) is 0.0922. The van der Waals surface area contributed by atoms with Gasteiger partial charge in [0.1, 0.15) is 13.1 Å². The third kappa shape index (κ3) is 8.90. The Morgan fingerprint density at radius 2 is 0.796 bits per heavy atom. The van der Waals surface area contributed by atoms with Crippen molar-refractivity contribution < 1.29 is 9.59 Å². The van der Waals surface area contributed by atoms with Crippen molar-refractivity contribution in [3.05, 3.63) is 167 Å². The predicted octanol–water partition coefficient (Wildman–Crippen LogP) is 5.71. The number of nitrogens with zero attached hydrogens (tertiary/aromatic N) is 6. The van der Waals surface area contributed by atoms with Gasteiger partial charge in [0.15, 0.2) is 0 Å². The van der Waals surface area contributed by atoms with E-state index in [4.69, 9.17) is 10.8 Å². The van der Waals surface area contributed by atoms with E-state index >= 15 is 0 Å². The highest BCUT2D eigenvalue weighted by molar-refractivity contribution is 8.93. The summed E-state index contributed by atoms with van der Waals surface area (Å²) in [6.45, 7) is 0.926. The number of nitrogens with one attached hydrogen (secondary N) is 4. The zero-order valence-corrected chi connectivity index (χ0v) is 32.4. The molecule has 12 nitrogen and oxygen atoms in total. The van der Waals surface area contributed by atoms with E-state index in [0.29, 0.717) is 13.1 Å². The molecule has 7 rings (SSSR count). The van der Waals surface area contributed by atoms with Crippen molar-refractivity contribution >= 4 is 80.3 Å². The Bertz CT molecular complexity index is 2380. The van der Waals surface area contributed by atoms with Crippen LogP contribution >= 0.6 is 34.0 Å². The summed E-state index contributed by atoms with van der Waals surface area (Å²) < 4.78 is 7.11. The molecule has 274 valence electrons. The molecule has 0 bridgehead atoms. The van der Waals surface area contributed by atoms with Crippen LogP contribution in [0, 0.1) is 10.8 Å². The predicted molar refractivity (Wildman–Crippen MR) is 221 cm³/mol. The van der Waals surface area contributed by atoms with E-state index in [1.165, 1.54) is 12.4 Å².